The predicted molar refractivity (Wildman–Crippen MR) is 79.1 cm³/mol. The highest BCUT2D eigenvalue weighted by Gasteiger charge is 2.10. The van der Waals surface area contributed by atoms with Gasteiger partial charge in [-0.2, -0.15) is 0 Å². The van der Waals surface area contributed by atoms with E-state index in [0.717, 1.165) is 29.2 Å². The molecule has 0 aromatic heterocycles. The molecule has 0 saturated heterocycles. The second-order valence-corrected chi connectivity index (χ2v) is 5.21. The molecule has 1 rings (SSSR count). The monoisotopic (exact) mass is 249 g/mol. The van der Waals surface area contributed by atoms with Crippen molar-refractivity contribution in [2.75, 3.05) is 12.3 Å². The van der Waals surface area contributed by atoms with Gasteiger partial charge in [0.1, 0.15) is 5.75 Å². The number of nitrogen functional groups attached to an aromatic ring is 1. The third-order valence-electron chi connectivity index (χ3n) is 3.49. The Morgan fingerprint density at radius 2 is 1.78 bits per heavy atom. The van der Waals surface area contributed by atoms with Crippen LogP contribution < -0.4 is 10.5 Å². The Labute approximate surface area is 112 Å². The fourth-order valence-electron chi connectivity index (χ4n) is 2.31. The van der Waals surface area contributed by atoms with Crippen LogP contribution in [0, 0.1) is 19.8 Å². The van der Waals surface area contributed by atoms with Crippen molar-refractivity contribution in [3.8, 4) is 5.75 Å². The van der Waals surface area contributed by atoms with E-state index in [0.29, 0.717) is 5.92 Å². The van der Waals surface area contributed by atoms with Crippen molar-refractivity contribution >= 4 is 5.69 Å². The van der Waals surface area contributed by atoms with Crippen LogP contribution in [-0.2, 0) is 0 Å². The summed E-state index contributed by atoms with van der Waals surface area (Å²) in [5, 5.41) is 0. The molecular formula is C16H27NO. The van der Waals surface area contributed by atoms with Crippen molar-refractivity contribution in [1.29, 1.82) is 0 Å². The molecule has 102 valence electrons. The molecule has 0 radical (unpaired) electrons. The van der Waals surface area contributed by atoms with Crippen LogP contribution >= 0.6 is 0 Å². The van der Waals surface area contributed by atoms with E-state index in [4.69, 9.17) is 10.5 Å². The number of hydrogen-bond donors (Lipinski definition) is 1. The Kier molecular flexibility index (Phi) is 6.03. The fraction of sp³-hybridized carbons (Fsp3) is 0.625. The van der Waals surface area contributed by atoms with Crippen LogP contribution in [0.3, 0.4) is 0 Å². The normalized spacial score (nSPS) is 12.4. The minimum atomic E-state index is 0.668. The van der Waals surface area contributed by atoms with Gasteiger partial charge in [0, 0.05) is 5.69 Å². The van der Waals surface area contributed by atoms with Gasteiger partial charge < -0.3 is 10.5 Å². The molecule has 1 aromatic carbocycles. The van der Waals surface area contributed by atoms with Crippen LogP contribution in [0.5, 0.6) is 5.75 Å². The molecular weight excluding hydrogens is 222 g/mol. The van der Waals surface area contributed by atoms with Gasteiger partial charge in [-0.3, -0.25) is 0 Å². The van der Waals surface area contributed by atoms with Crippen molar-refractivity contribution in [1.82, 2.24) is 0 Å². The minimum Gasteiger partial charge on any atom is -0.493 e. The predicted octanol–water partition coefficient (Wildman–Crippen LogP) is 4.48. The highest BCUT2D eigenvalue weighted by atomic mass is 16.5. The fourth-order valence-corrected chi connectivity index (χ4v) is 2.31. The van der Waals surface area contributed by atoms with Crippen LogP contribution in [0.1, 0.15) is 50.7 Å². The molecule has 1 atom stereocenters. The molecule has 0 bridgehead atoms. The Balaban J connectivity index is 2.62. The van der Waals surface area contributed by atoms with E-state index in [1.165, 1.54) is 25.7 Å². The maximum Gasteiger partial charge on any atom is 0.125 e. The lowest BCUT2D eigenvalue weighted by Crippen LogP contribution is -2.12. The summed E-state index contributed by atoms with van der Waals surface area (Å²) in [6.07, 6.45) is 5.01. The highest BCUT2D eigenvalue weighted by Crippen LogP contribution is 2.27. The molecule has 0 heterocycles. The zero-order chi connectivity index (χ0) is 13.5. The lowest BCUT2D eigenvalue weighted by Gasteiger charge is -2.18. The quantitative estimate of drug-likeness (QED) is 0.723. The van der Waals surface area contributed by atoms with E-state index in [1.807, 2.05) is 12.1 Å². The molecule has 0 spiro atoms. The van der Waals surface area contributed by atoms with E-state index in [-0.39, 0.29) is 0 Å². The third kappa shape index (κ3) is 4.25. The minimum absolute atomic E-state index is 0.668. The van der Waals surface area contributed by atoms with Crippen molar-refractivity contribution in [3.05, 3.63) is 23.3 Å². The van der Waals surface area contributed by atoms with E-state index < -0.39 is 0 Å². The molecule has 0 amide bonds. The summed E-state index contributed by atoms with van der Waals surface area (Å²) in [5.41, 5.74) is 8.91. The van der Waals surface area contributed by atoms with Gasteiger partial charge in [-0.25, -0.2) is 0 Å². The summed E-state index contributed by atoms with van der Waals surface area (Å²) in [5.74, 6) is 1.68. The van der Waals surface area contributed by atoms with E-state index in [9.17, 15) is 0 Å². The van der Waals surface area contributed by atoms with Gasteiger partial charge in [-0.1, -0.05) is 33.1 Å². The number of hydrogen-bond acceptors (Lipinski definition) is 2. The number of nitrogens with two attached hydrogens (primary N) is 1. The van der Waals surface area contributed by atoms with Crippen LogP contribution in [0.4, 0.5) is 5.69 Å². The molecule has 0 aliphatic carbocycles. The third-order valence-corrected chi connectivity index (χ3v) is 3.49. The second kappa shape index (κ2) is 7.30. The summed E-state index contributed by atoms with van der Waals surface area (Å²) < 4.78 is 6.02. The molecule has 1 unspecified atom stereocenters. The Morgan fingerprint density at radius 1 is 1.17 bits per heavy atom. The van der Waals surface area contributed by atoms with E-state index >= 15 is 0 Å². The molecule has 0 fully saturated rings. The molecule has 0 aliphatic rings. The molecule has 2 nitrogen and oxygen atoms in total. The lowest BCUT2D eigenvalue weighted by atomic mass is 10.0. The first kappa shape index (κ1) is 14.9. The van der Waals surface area contributed by atoms with Gasteiger partial charge in [0.25, 0.3) is 0 Å². The van der Waals surface area contributed by atoms with Crippen molar-refractivity contribution in [3.63, 3.8) is 0 Å². The number of ether oxygens (including phenoxy) is 1. The number of unbranched alkanes of at least 4 members (excludes halogenated alkanes) is 1. The molecule has 2 heteroatoms. The lowest BCUT2D eigenvalue weighted by molar-refractivity contribution is 0.231. The number of aryl methyl sites for hydroxylation is 2. The van der Waals surface area contributed by atoms with Gasteiger partial charge in [-0.05, 0) is 49.4 Å². The van der Waals surface area contributed by atoms with Crippen molar-refractivity contribution < 1.29 is 4.74 Å². The average molecular weight is 249 g/mol. The first-order valence-electron chi connectivity index (χ1n) is 7.08. The highest BCUT2D eigenvalue weighted by molar-refractivity contribution is 5.52. The SMILES string of the molecule is CCCCC(CC)COc1c(C)cc(N)cc1C. The van der Waals surface area contributed by atoms with Gasteiger partial charge in [-0.15, -0.1) is 0 Å². The topological polar surface area (TPSA) is 35.2 Å². The maximum absolute atomic E-state index is 6.02. The summed E-state index contributed by atoms with van der Waals surface area (Å²) in [4.78, 5) is 0. The standard InChI is InChI=1S/C16H27NO/c1-5-7-8-14(6-2)11-18-16-12(3)9-15(17)10-13(16)4/h9-10,14H,5-8,11,17H2,1-4H3. The van der Waals surface area contributed by atoms with Crippen molar-refractivity contribution in [2.45, 2.75) is 53.4 Å². The second-order valence-electron chi connectivity index (χ2n) is 5.21. The zero-order valence-electron chi connectivity index (χ0n) is 12.3. The van der Waals surface area contributed by atoms with Gasteiger partial charge >= 0.3 is 0 Å². The molecule has 2 N–H and O–H groups in total. The van der Waals surface area contributed by atoms with E-state index in [2.05, 4.69) is 27.7 Å². The maximum atomic E-state index is 6.02. The smallest absolute Gasteiger partial charge is 0.125 e. The van der Waals surface area contributed by atoms with Crippen LogP contribution in [0.2, 0.25) is 0 Å². The summed E-state index contributed by atoms with van der Waals surface area (Å²) in [7, 11) is 0. The van der Waals surface area contributed by atoms with Crippen molar-refractivity contribution in [2.24, 2.45) is 5.92 Å². The van der Waals surface area contributed by atoms with Gasteiger partial charge in [0.05, 0.1) is 6.61 Å². The van der Waals surface area contributed by atoms with Crippen LogP contribution in [0.15, 0.2) is 12.1 Å². The summed E-state index contributed by atoms with van der Waals surface area (Å²) >= 11 is 0. The first-order chi connectivity index (χ1) is 8.58. The van der Waals surface area contributed by atoms with Crippen LogP contribution in [0.25, 0.3) is 0 Å². The molecule has 18 heavy (non-hydrogen) atoms. The molecule has 0 aliphatic heterocycles. The van der Waals surface area contributed by atoms with Crippen LogP contribution in [-0.4, -0.2) is 6.61 Å². The molecule has 0 saturated carbocycles. The largest absolute Gasteiger partial charge is 0.493 e. The Morgan fingerprint density at radius 3 is 2.28 bits per heavy atom. The summed E-state index contributed by atoms with van der Waals surface area (Å²) in [6, 6.07) is 3.96. The number of rotatable bonds is 7. The number of anilines is 1. The van der Waals surface area contributed by atoms with E-state index in [1.54, 1.807) is 0 Å². The summed E-state index contributed by atoms with van der Waals surface area (Å²) in [6.45, 7) is 9.42. The molecule has 1 aromatic rings. The Bertz CT molecular complexity index is 350. The zero-order valence-corrected chi connectivity index (χ0v) is 12.3. The number of benzene rings is 1. The Hall–Kier alpha value is -1.18. The first-order valence-corrected chi connectivity index (χ1v) is 7.08. The van der Waals surface area contributed by atoms with Gasteiger partial charge in [0.2, 0.25) is 0 Å². The van der Waals surface area contributed by atoms with Gasteiger partial charge in [0.15, 0.2) is 0 Å². The average Bonchev–Trinajstić information content (AvgIpc) is 2.31.